The molecule has 2 aromatic carbocycles. The summed E-state index contributed by atoms with van der Waals surface area (Å²) in [6.07, 6.45) is 0.697. The lowest BCUT2D eigenvalue weighted by atomic mass is 9.88. The van der Waals surface area contributed by atoms with Crippen LogP contribution in [-0.2, 0) is 0 Å². The first-order chi connectivity index (χ1) is 9.67. The van der Waals surface area contributed by atoms with Crippen LogP contribution in [0.2, 0.25) is 0 Å². The van der Waals surface area contributed by atoms with Crippen molar-refractivity contribution in [2.45, 2.75) is 19.3 Å². The van der Waals surface area contributed by atoms with Crippen molar-refractivity contribution in [3.63, 3.8) is 0 Å². The van der Waals surface area contributed by atoms with Crippen molar-refractivity contribution < 1.29 is 13.9 Å². The molecule has 0 fully saturated rings. The number of Topliss-reactive ketones (excluding diaryl/α,β-unsaturated/α-hetero) is 1. The lowest BCUT2D eigenvalue weighted by Gasteiger charge is -2.15. The van der Waals surface area contributed by atoms with Gasteiger partial charge in [0.1, 0.15) is 0 Å². The first-order valence-corrected chi connectivity index (χ1v) is 6.60. The molecule has 2 aromatic rings. The average Bonchev–Trinajstić information content (AvgIpc) is 2.49. The third-order valence-electron chi connectivity index (χ3n) is 3.36. The van der Waals surface area contributed by atoms with Crippen LogP contribution in [0.4, 0.5) is 4.39 Å². The van der Waals surface area contributed by atoms with Gasteiger partial charge in [0.05, 0.1) is 7.11 Å². The molecule has 0 spiro atoms. The molecule has 0 aliphatic heterocycles. The van der Waals surface area contributed by atoms with Gasteiger partial charge in [0, 0.05) is 11.5 Å². The van der Waals surface area contributed by atoms with E-state index >= 15 is 0 Å². The Morgan fingerprint density at radius 1 is 1.20 bits per heavy atom. The number of carbonyl (C=O) groups is 1. The van der Waals surface area contributed by atoms with E-state index < -0.39 is 5.82 Å². The first-order valence-electron chi connectivity index (χ1n) is 6.60. The normalized spacial score (nSPS) is 11.9. The summed E-state index contributed by atoms with van der Waals surface area (Å²) in [5.74, 6) is -0.598. The summed E-state index contributed by atoms with van der Waals surface area (Å²) in [4.78, 5) is 12.6. The second kappa shape index (κ2) is 6.33. The van der Waals surface area contributed by atoms with Crippen molar-refractivity contribution in [3.05, 3.63) is 65.5 Å². The van der Waals surface area contributed by atoms with Crippen molar-refractivity contribution in [2.24, 2.45) is 0 Å². The molecule has 1 unspecified atom stereocenters. The minimum atomic E-state index is -0.461. The van der Waals surface area contributed by atoms with Gasteiger partial charge in [0.25, 0.3) is 0 Å². The van der Waals surface area contributed by atoms with Crippen LogP contribution in [0.5, 0.6) is 5.75 Å². The Hall–Kier alpha value is -2.16. The van der Waals surface area contributed by atoms with E-state index in [1.54, 1.807) is 0 Å². The van der Waals surface area contributed by atoms with Gasteiger partial charge in [-0.05, 0) is 30.2 Å². The van der Waals surface area contributed by atoms with Crippen molar-refractivity contribution >= 4 is 5.78 Å². The zero-order valence-electron chi connectivity index (χ0n) is 11.6. The average molecular weight is 272 g/mol. The summed E-state index contributed by atoms with van der Waals surface area (Å²) < 4.78 is 18.3. The molecular formula is C17H17FO2. The minimum Gasteiger partial charge on any atom is -0.494 e. The molecule has 0 aromatic heterocycles. The Morgan fingerprint density at radius 2 is 1.90 bits per heavy atom. The van der Waals surface area contributed by atoms with Gasteiger partial charge in [-0.3, -0.25) is 4.79 Å². The van der Waals surface area contributed by atoms with Gasteiger partial charge >= 0.3 is 0 Å². The number of halogens is 1. The summed E-state index contributed by atoms with van der Waals surface area (Å²) in [5.41, 5.74) is 1.45. The molecule has 3 heteroatoms. The molecule has 2 nitrogen and oxygen atoms in total. The Morgan fingerprint density at radius 3 is 2.50 bits per heavy atom. The van der Waals surface area contributed by atoms with Gasteiger partial charge in [-0.1, -0.05) is 37.3 Å². The van der Waals surface area contributed by atoms with Crippen LogP contribution in [0.1, 0.15) is 35.2 Å². The third-order valence-corrected chi connectivity index (χ3v) is 3.36. The number of hydrogen-bond donors (Lipinski definition) is 0. The molecule has 0 N–H and O–H groups in total. The van der Waals surface area contributed by atoms with Crippen molar-refractivity contribution in [3.8, 4) is 5.75 Å². The van der Waals surface area contributed by atoms with Gasteiger partial charge < -0.3 is 4.74 Å². The van der Waals surface area contributed by atoms with E-state index in [4.69, 9.17) is 4.74 Å². The number of hydrogen-bond acceptors (Lipinski definition) is 2. The van der Waals surface area contributed by atoms with Crippen LogP contribution in [-0.4, -0.2) is 12.9 Å². The monoisotopic (exact) mass is 272 g/mol. The summed E-state index contributed by atoms with van der Waals surface area (Å²) >= 11 is 0. The number of ketones is 1. The molecule has 0 bridgehead atoms. The maximum Gasteiger partial charge on any atom is 0.170 e. The molecule has 0 heterocycles. The van der Waals surface area contributed by atoms with Gasteiger partial charge in [-0.2, -0.15) is 0 Å². The van der Waals surface area contributed by atoms with Crippen LogP contribution in [0.25, 0.3) is 0 Å². The highest BCUT2D eigenvalue weighted by Gasteiger charge is 2.21. The molecule has 0 saturated heterocycles. The quantitative estimate of drug-likeness (QED) is 0.762. The van der Waals surface area contributed by atoms with Crippen molar-refractivity contribution in [1.29, 1.82) is 0 Å². The van der Waals surface area contributed by atoms with E-state index in [1.807, 2.05) is 37.3 Å². The van der Waals surface area contributed by atoms with Crippen molar-refractivity contribution in [1.82, 2.24) is 0 Å². The smallest absolute Gasteiger partial charge is 0.170 e. The number of carbonyl (C=O) groups excluding carboxylic acids is 1. The molecule has 1 atom stereocenters. The Bertz CT molecular complexity index is 593. The highest BCUT2D eigenvalue weighted by molar-refractivity contribution is 6.01. The maximum atomic E-state index is 13.4. The molecule has 2 rings (SSSR count). The molecule has 0 saturated carbocycles. The Kier molecular flexibility index (Phi) is 4.51. The second-order valence-electron chi connectivity index (χ2n) is 4.59. The fraction of sp³-hybridized carbons (Fsp3) is 0.235. The minimum absolute atomic E-state index is 0.0167. The summed E-state index contributed by atoms with van der Waals surface area (Å²) in [6, 6.07) is 13.9. The zero-order chi connectivity index (χ0) is 14.5. The van der Waals surface area contributed by atoms with Gasteiger partial charge in [-0.15, -0.1) is 0 Å². The topological polar surface area (TPSA) is 26.3 Å². The summed E-state index contributed by atoms with van der Waals surface area (Å²) in [6.45, 7) is 1.97. The molecular weight excluding hydrogens is 255 g/mol. The zero-order valence-corrected chi connectivity index (χ0v) is 11.6. The van der Waals surface area contributed by atoms with Crippen LogP contribution in [0, 0.1) is 5.82 Å². The molecule has 0 aliphatic carbocycles. The highest BCUT2D eigenvalue weighted by Crippen LogP contribution is 2.26. The van der Waals surface area contributed by atoms with E-state index in [-0.39, 0.29) is 17.5 Å². The van der Waals surface area contributed by atoms with Crippen molar-refractivity contribution in [2.75, 3.05) is 7.11 Å². The van der Waals surface area contributed by atoms with E-state index in [1.165, 1.54) is 25.3 Å². The summed E-state index contributed by atoms with van der Waals surface area (Å²) in [5, 5.41) is 0. The second-order valence-corrected chi connectivity index (χ2v) is 4.59. The number of rotatable bonds is 5. The highest BCUT2D eigenvalue weighted by atomic mass is 19.1. The largest absolute Gasteiger partial charge is 0.494 e. The van der Waals surface area contributed by atoms with Gasteiger partial charge in [-0.25, -0.2) is 4.39 Å². The standard InChI is InChI=1S/C17H17FO2/c1-3-14(12-7-5-4-6-8-12)17(19)13-9-10-15(18)16(11-13)20-2/h4-11,14H,3H2,1-2H3. The molecule has 20 heavy (non-hydrogen) atoms. The predicted octanol–water partition coefficient (Wildman–Crippen LogP) is 4.21. The SMILES string of the molecule is CCC(C(=O)c1ccc(F)c(OC)c1)c1ccccc1. The number of methoxy groups -OCH3 is 1. The van der Waals surface area contributed by atoms with E-state index in [0.717, 1.165) is 5.56 Å². The Balaban J connectivity index is 2.34. The van der Waals surface area contributed by atoms with E-state index in [0.29, 0.717) is 12.0 Å². The predicted molar refractivity (Wildman–Crippen MR) is 76.8 cm³/mol. The first kappa shape index (κ1) is 14.3. The fourth-order valence-corrected chi connectivity index (χ4v) is 2.27. The Labute approximate surface area is 118 Å². The lowest BCUT2D eigenvalue weighted by Crippen LogP contribution is -2.12. The molecule has 0 amide bonds. The van der Waals surface area contributed by atoms with E-state index in [9.17, 15) is 9.18 Å². The van der Waals surface area contributed by atoms with Crippen LogP contribution in [0.15, 0.2) is 48.5 Å². The molecule has 0 radical (unpaired) electrons. The lowest BCUT2D eigenvalue weighted by molar-refractivity contribution is 0.0957. The van der Waals surface area contributed by atoms with Crippen LogP contribution < -0.4 is 4.74 Å². The van der Waals surface area contributed by atoms with Gasteiger partial charge in [0.2, 0.25) is 0 Å². The fourth-order valence-electron chi connectivity index (χ4n) is 2.27. The van der Waals surface area contributed by atoms with Crippen LogP contribution >= 0.6 is 0 Å². The number of ether oxygens (including phenoxy) is 1. The maximum absolute atomic E-state index is 13.4. The van der Waals surface area contributed by atoms with Gasteiger partial charge in [0.15, 0.2) is 17.3 Å². The van der Waals surface area contributed by atoms with Crippen LogP contribution in [0.3, 0.4) is 0 Å². The molecule has 104 valence electrons. The van der Waals surface area contributed by atoms with E-state index in [2.05, 4.69) is 0 Å². The summed E-state index contributed by atoms with van der Waals surface area (Å²) in [7, 11) is 1.39. The number of benzene rings is 2. The molecule has 0 aliphatic rings. The third kappa shape index (κ3) is 2.87.